The highest BCUT2D eigenvalue weighted by Crippen LogP contribution is 1.93. The Labute approximate surface area is 38.0 Å². The summed E-state index contributed by atoms with van der Waals surface area (Å²) in [7, 11) is 0. The maximum absolute atomic E-state index is 10.1. The fraction of sp³-hybridized carbons (Fsp3) is 0.750. The Morgan fingerprint density at radius 2 is 2.67 bits per heavy atom. The molecule has 0 saturated carbocycles. The Morgan fingerprint density at radius 3 is 2.83 bits per heavy atom. The van der Waals surface area contributed by atoms with E-state index in [1.807, 2.05) is 0 Å². The van der Waals surface area contributed by atoms with Gasteiger partial charge in [0.15, 0.2) is 0 Å². The molecule has 1 radical (unpaired) electrons. The highest BCUT2D eigenvalue weighted by molar-refractivity contribution is 5.77. The summed E-state index contributed by atoms with van der Waals surface area (Å²) in [5.74, 6) is 0.204. The van der Waals surface area contributed by atoms with Gasteiger partial charge in [-0.05, 0) is 6.42 Å². The number of hydrogen-bond acceptors (Lipinski definition) is 1. The van der Waals surface area contributed by atoms with Gasteiger partial charge in [0.25, 0.3) is 0 Å². The van der Waals surface area contributed by atoms with Gasteiger partial charge in [0.2, 0.25) is 5.91 Å². The minimum Gasteiger partial charge on any atom is -0.356 e. The molecular weight excluding hydrogens is 78.0 g/mol. The second kappa shape index (κ2) is 1.29. The van der Waals surface area contributed by atoms with Crippen molar-refractivity contribution in [3.05, 3.63) is 0 Å². The van der Waals surface area contributed by atoms with Gasteiger partial charge in [-0.3, -0.25) is 4.79 Å². The van der Waals surface area contributed by atoms with Crippen LogP contribution in [0.25, 0.3) is 0 Å². The molecular formula is C4H8NO. The van der Waals surface area contributed by atoms with Gasteiger partial charge < -0.3 is 5.32 Å². The summed E-state index contributed by atoms with van der Waals surface area (Å²) >= 11 is 0. The van der Waals surface area contributed by atoms with Crippen molar-refractivity contribution < 1.29 is 6.22 Å². The Morgan fingerprint density at radius 1 is 1.83 bits per heavy atom. The van der Waals surface area contributed by atoms with E-state index < -0.39 is 0 Å². The van der Waals surface area contributed by atoms with Crippen molar-refractivity contribution in [2.24, 2.45) is 0 Å². The first-order chi connectivity index (χ1) is 2.89. The SMILES string of the molecule is O=C1CCCN1.[H]. The molecule has 0 unspecified atom stereocenters. The van der Waals surface area contributed by atoms with Crippen LogP contribution in [0.3, 0.4) is 0 Å². The van der Waals surface area contributed by atoms with Crippen molar-refractivity contribution >= 4 is 5.91 Å². The van der Waals surface area contributed by atoms with E-state index in [0.717, 1.165) is 19.4 Å². The molecule has 0 spiro atoms. The lowest BCUT2D eigenvalue weighted by atomic mass is 10.4. The summed E-state index contributed by atoms with van der Waals surface area (Å²) in [4.78, 5) is 10.1. The van der Waals surface area contributed by atoms with Crippen molar-refractivity contribution in [1.29, 1.82) is 0 Å². The summed E-state index contributed by atoms with van der Waals surface area (Å²) < 4.78 is 0. The van der Waals surface area contributed by atoms with Crippen molar-refractivity contribution in [2.75, 3.05) is 6.54 Å². The van der Waals surface area contributed by atoms with Crippen molar-refractivity contribution in [3.8, 4) is 0 Å². The maximum atomic E-state index is 10.1. The molecule has 0 atom stereocenters. The molecule has 0 bridgehead atoms. The van der Waals surface area contributed by atoms with E-state index in [2.05, 4.69) is 5.32 Å². The summed E-state index contributed by atoms with van der Waals surface area (Å²) in [6.07, 6.45) is 1.76. The molecule has 0 aliphatic carbocycles. The Kier molecular flexibility index (Phi) is 0.783. The summed E-state index contributed by atoms with van der Waals surface area (Å²) in [6, 6.07) is 0. The molecule has 0 aromatic heterocycles. The molecule has 1 heterocycles. The first-order valence-corrected chi connectivity index (χ1v) is 2.16. The van der Waals surface area contributed by atoms with Crippen LogP contribution in [-0.4, -0.2) is 12.5 Å². The predicted octanol–water partition coefficient (Wildman–Crippen LogP) is 0.00890. The molecule has 1 N–H and O–H groups in total. The quantitative estimate of drug-likeness (QED) is 0.442. The lowest BCUT2D eigenvalue weighted by Crippen LogP contribution is -2.12. The zero-order chi connectivity index (χ0) is 4.41. The van der Waals surface area contributed by atoms with Crippen LogP contribution in [0.1, 0.15) is 14.3 Å². The lowest BCUT2D eigenvalue weighted by molar-refractivity contribution is -0.119. The second-order valence-electron chi connectivity index (χ2n) is 1.45. The van der Waals surface area contributed by atoms with Crippen LogP contribution in [0.2, 0.25) is 0 Å². The van der Waals surface area contributed by atoms with Gasteiger partial charge >= 0.3 is 0 Å². The molecule has 1 fully saturated rings. The highest BCUT2D eigenvalue weighted by atomic mass is 16.1. The molecule has 6 heavy (non-hydrogen) atoms. The zero-order valence-electron chi connectivity index (χ0n) is 4.53. The fourth-order valence-electron chi connectivity index (χ4n) is 0.565. The smallest absolute Gasteiger partial charge is 0.220 e. The van der Waals surface area contributed by atoms with Crippen molar-refractivity contribution in [2.45, 2.75) is 12.8 Å². The number of hydrogen-bond donors (Lipinski definition) is 1. The third-order valence-corrected chi connectivity index (χ3v) is 0.903. The van der Waals surface area contributed by atoms with Crippen LogP contribution in [0.4, 0.5) is 0 Å². The average molecular weight is 86.1 g/mol. The molecule has 0 aromatic carbocycles. The van der Waals surface area contributed by atoms with Crippen LogP contribution in [0.15, 0.2) is 0 Å². The van der Waals surface area contributed by atoms with Crippen LogP contribution < -0.4 is 5.32 Å². The van der Waals surface area contributed by atoms with E-state index in [-0.39, 0.29) is 7.33 Å². The largest absolute Gasteiger partial charge is 0.356 e. The molecule has 0 aromatic rings. The van der Waals surface area contributed by atoms with Gasteiger partial charge in [-0.2, -0.15) is 0 Å². The van der Waals surface area contributed by atoms with E-state index in [4.69, 9.17) is 0 Å². The van der Waals surface area contributed by atoms with Gasteiger partial charge in [0, 0.05) is 14.4 Å². The summed E-state index contributed by atoms with van der Waals surface area (Å²) in [5.41, 5.74) is 0. The summed E-state index contributed by atoms with van der Waals surface area (Å²) in [6.45, 7) is 0.888. The summed E-state index contributed by atoms with van der Waals surface area (Å²) in [5, 5.41) is 2.68. The highest BCUT2D eigenvalue weighted by Gasteiger charge is 2.05. The van der Waals surface area contributed by atoms with Gasteiger partial charge in [0.05, 0.1) is 0 Å². The van der Waals surface area contributed by atoms with E-state index in [9.17, 15) is 4.79 Å². The molecule has 1 aliphatic rings. The second-order valence-corrected chi connectivity index (χ2v) is 1.45. The van der Waals surface area contributed by atoms with Gasteiger partial charge in [-0.1, -0.05) is 0 Å². The van der Waals surface area contributed by atoms with Crippen LogP contribution in [0.5, 0.6) is 0 Å². The first-order valence-electron chi connectivity index (χ1n) is 2.16. The molecule has 1 rings (SSSR count). The van der Waals surface area contributed by atoms with E-state index in [1.165, 1.54) is 0 Å². The van der Waals surface area contributed by atoms with Gasteiger partial charge in [-0.25, -0.2) is 0 Å². The normalized spacial score (nSPS) is 21.0. The molecule has 1 saturated heterocycles. The third-order valence-electron chi connectivity index (χ3n) is 0.903. The predicted molar refractivity (Wildman–Crippen MR) is 23.4 cm³/mol. The Bertz CT molecular complexity index is 66.1. The van der Waals surface area contributed by atoms with E-state index >= 15 is 0 Å². The molecule has 2 nitrogen and oxygen atoms in total. The van der Waals surface area contributed by atoms with Crippen LogP contribution >= 0.6 is 0 Å². The standard InChI is InChI=1S/C4H7NO.H/c6-4-2-1-3-5-4;/h1-3H2,(H,5,6);. The molecule has 1 amide bonds. The minimum atomic E-state index is 0. The van der Waals surface area contributed by atoms with Crippen molar-refractivity contribution in [1.82, 2.24) is 5.32 Å². The average Bonchev–Trinajstić information content (AvgIpc) is 1.86. The van der Waals surface area contributed by atoms with Gasteiger partial charge in [0.1, 0.15) is 0 Å². The maximum Gasteiger partial charge on any atom is 0.220 e. The topological polar surface area (TPSA) is 29.1 Å². The third kappa shape index (κ3) is 0.506. The minimum absolute atomic E-state index is 0. The van der Waals surface area contributed by atoms with Crippen LogP contribution in [-0.2, 0) is 4.79 Å². The first kappa shape index (κ1) is 3.65. The van der Waals surface area contributed by atoms with E-state index in [1.54, 1.807) is 0 Å². The molecule has 35 valence electrons. The Balaban J connectivity index is 0.000000360. The molecule has 2 heteroatoms. The molecule has 1 aliphatic heterocycles. The number of nitrogens with one attached hydrogen (secondary N) is 1. The van der Waals surface area contributed by atoms with Crippen molar-refractivity contribution in [3.63, 3.8) is 0 Å². The number of carbonyl (C=O) groups is 1. The fourth-order valence-corrected chi connectivity index (χ4v) is 0.565. The zero-order valence-corrected chi connectivity index (χ0v) is 3.53. The number of amides is 1. The van der Waals surface area contributed by atoms with Gasteiger partial charge in [-0.15, -0.1) is 0 Å². The number of carbonyl (C=O) groups excluding carboxylic acids is 1. The monoisotopic (exact) mass is 86.1 g/mol. The Hall–Kier alpha value is -0.530. The van der Waals surface area contributed by atoms with E-state index in [0.29, 0.717) is 0 Å². The van der Waals surface area contributed by atoms with Crippen LogP contribution in [0, 0.1) is 0 Å². The number of rotatable bonds is 0. The lowest BCUT2D eigenvalue weighted by Gasteiger charge is -1.80.